The van der Waals surface area contributed by atoms with Gasteiger partial charge in [-0.2, -0.15) is 0 Å². The van der Waals surface area contributed by atoms with Crippen molar-refractivity contribution in [3.63, 3.8) is 0 Å². The quantitative estimate of drug-likeness (QED) is 0.348. The van der Waals surface area contributed by atoms with Gasteiger partial charge in [-0.25, -0.2) is 9.78 Å². The highest BCUT2D eigenvalue weighted by Gasteiger charge is 2.34. The minimum Gasteiger partial charge on any atom is -0.496 e. The van der Waals surface area contributed by atoms with Crippen molar-refractivity contribution in [2.45, 2.75) is 96.6 Å². The van der Waals surface area contributed by atoms with Gasteiger partial charge in [0.15, 0.2) is 0 Å². The number of hydrogen-bond acceptors (Lipinski definition) is 5. The van der Waals surface area contributed by atoms with E-state index in [0.29, 0.717) is 24.2 Å². The molecule has 2 amide bonds. The van der Waals surface area contributed by atoms with Gasteiger partial charge >= 0.3 is 6.09 Å². The maximum absolute atomic E-state index is 13.9. The molecule has 8 heteroatoms. The maximum atomic E-state index is 13.9. The Balaban J connectivity index is 1.37. The van der Waals surface area contributed by atoms with E-state index in [1.807, 2.05) is 37.8 Å². The van der Waals surface area contributed by atoms with Gasteiger partial charge in [0.2, 0.25) is 5.91 Å². The van der Waals surface area contributed by atoms with Crippen molar-refractivity contribution in [1.82, 2.24) is 10.3 Å². The zero-order chi connectivity index (χ0) is 28.9. The van der Waals surface area contributed by atoms with E-state index < -0.39 is 5.60 Å². The summed E-state index contributed by atoms with van der Waals surface area (Å²) < 4.78 is 11.8. The van der Waals surface area contributed by atoms with E-state index in [1.165, 1.54) is 11.1 Å². The first-order chi connectivity index (χ1) is 19.0. The molecule has 0 atom stereocenters. The van der Waals surface area contributed by atoms with Crippen LogP contribution in [0.5, 0.6) is 5.75 Å². The highest BCUT2D eigenvalue weighted by atomic mass is 79.9. The molecule has 7 nitrogen and oxygen atoms in total. The molecule has 1 heterocycles. The molecular weight excluding hydrogens is 570 g/mol. The van der Waals surface area contributed by atoms with Crippen LogP contribution in [0.4, 0.5) is 10.6 Å². The molecule has 2 fully saturated rings. The monoisotopic (exact) mass is 613 g/mol. The first-order valence-electron chi connectivity index (χ1n) is 14.6. The first kappa shape index (κ1) is 30.4. The number of anilines is 1. The molecule has 4 rings (SSSR count). The Kier molecular flexibility index (Phi) is 10.1. The fraction of sp³-hybridized carbons (Fsp3) is 0.594. The Bertz CT molecular complexity index is 1160. The summed E-state index contributed by atoms with van der Waals surface area (Å²) >= 11 is 3.56. The summed E-state index contributed by atoms with van der Waals surface area (Å²) in [5.41, 5.74) is 2.03. The fourth-order valence-electron chi connectivity index (χ4n) is 6.11. The third-order valence-corrected chi connectivity index (χ3v) is 8.72. The molecule has 2 aliphatic rings. The Morgan fingerprint density at radius 3 is 2.33 bits per heavy atom. The van der Waals surface area contributed by atoms with E-state index in [2.05, 4.69) is 51.4 Å². The number of ether oxygens (including phenoxy) is 2. The summed E-state index contributed by atoms with van der Waals surface area (Å²) in [6.07, 6.45) is 8.79. The van der Waals surface area contributed by atoms with Crippen LogP contribution < -0.4 is 15.0 Å². The predicted molar refractivity (Wildman–Crippen MR) is 162 cm³/mol. The van der Waals surface area contributed by atoms with Crippen LogP contribution in [0.15, 0.2) is 41.0 Å². The Hall–Kier alpha value is -2.61. The number of benzene rings is 1. The fourth-order valence-corrected chi connectivity index (χ4v) is 6.43. The average Bonchev–Trinajstić information content (AvgIpc) is 2.91. The zero-order valence-electron chi connectivity index (χ0n) is 24.5. The van der Waals surface area contributed by atoms with Gasteiger partial charge in [0.1, 0.15) is 17.2 Å². The molecule has 1 N–H and O–H groups in total. The predicted octanol–water partition coefficient (Wildman–Crippen LogP) is 7.55. The molecule has 0 bridgehead atoms. The number of halogens is 1. The molecule has 2 aliphatic carbocycles. The van der Waals surface area contributed by atoms with Crippen LogP contribution in [-0.2, 0) is 9.53 Å². The van der Waals surface area contributed by atoms with Crippen molar-refractivity contribution in [2.24, 2.45) is 11.8 Å². The van der Waals surface area contributed by atoms with E-state index in [4.69, 9.17) is 9.47 Å². The largest absolute Gasteiger partial charge is 0.496 e. The second-order valence-corrected chi connectivity index (χ2v) is 13.3. The third-order valence-electron chi connectivity index (χ3n) is 8.23. The molecular formula is C32H44BrN3O4. The van der Waals surface area contributed by atoms with Crippen LogP contribution in [0.25, 0.3) is 0 Å². The molecule has 0 radical (unpaired) electrons. The first-order valence-corrected chi connectivity index (χ1v) is 15.4. The number of rotatable bonds is 7. The molecule has 0 unspecified atom stereocenters. The highest BCUT2D eigenvalue weighted by molar-refractivity contribution is 9.10. The van der Waals surface area contributed by atoms with Crippen LogP contribution in [0.3, 0.4) is 0 Å². The number of nitrogens with one attached hydrogen (secondary N) is 1. The van der Waals surface area contributed by atoms with Crippen LogP contribution in [0.2, 0.25) is 0 Å². The van der Waals surface area contributed by atoms with Crippen LogP contribution in [0, 0.1) is 18.8 Å². The van der Waals surface area contributed by atoms with Crippen molar-refractivity contribution in [3.8, 4) is 5.75 Å². The number of hydrogen-bond donors (Lipinski definition) is 1. The normalized spacial score (nSPS) is 23.2. The molecule has 2 aromatic rings. The van der Waals surface area contributed by atoms with Crippen LogP contribution >= 0.6 is 15.9 Å². The van der Waals surface area contributed by atoms with E-state index in [0.717, 1.165) is 61.6 Å². The van der Waals surface area contributed by atoms with Crippen molar-refractivity contribution in [3.05, 3.63) is 52.1 Å². The molecule has 1 aromatic carbocycles. The minimum absolute atomic E-state index is 0.0354. The molecule has 2 saturated carbocycles. The minimum atomic E-state index is -0.526. The average molecular weight is 615 g/mol. The summed E-state index contributed by atoms with van der Waals surface area (Å²) in [5.74, 6) is 2.70. The Morgan fingerprint density at radius 1 is 1.02 bits per heavy atom. The molecule has 40 heavy (non-hydrogen) atoms. The zero-order valence-corrected chi connectivity index (χ0v) is 26.1. The second-order valence-electron chi connectivity index (χ2n) is 12.4. The SMILES string of the molecule is COc1ccc(C2CCC(CN(C(=O)C3CCC(NC(=O)OC(C)(C)C)CC3)c3cc(Br)ccn3)CC2)cc1C. The van der Waals surface area contributed by atoms with Gasteiger partial charge in [-0.3, -0.25) is 9.69 Å². The summed E-state index contributed by atoms with van der Waals surface area (Å²) in [6.45, 7) is 8.37. The Labute approximate surface area is 247 Å². The maximum Gasteiger partial charge on any atom is 0.407 e. The smallest absolute Gasteiger partial charge is 0.407 e. The molecule has 1 aromatic heterocycles. The van der Waals surface area contributed by atoms with Gasteiger partial charge in [-0.05, 0) is 120 Å². The number of carbonyl (C=O) groups is 2. The van der Waals surface area contributed by atoms with Gasteiger partial charge in [0, 0.05) is 29.2 Å². The number of aryl methyl sites for hydroxylation is 1. The number of amides is 2. The summed E-state index contributed by atoms with van der Waals surface area (Å²) in [4.78, 5) is 32.7. The lowest BCUT2D eigenvalue weighted by molar-refractivity contribution is -0.123. The Morgan fingerprint density at radius 2 is 1.73 bits per heavy atom. The topological polar surface area (TPSA) is 80.8 Å². The summed E-state index contributed by atoms with van der Waals surface area (Å²) in [7, 11) is 1.72. The lowest BCUT2D eigenvalue weighted by atomic mass is 9.78. The van der Waals surface area contributed by atoms with Crippen LogP contribution in [-0.4, -0.2) is 42.3 Å². The van der Waals surface area contributed by atoms with Crippen molar-refractivity contribution < 1.29 is 19.1 Å². The molecule has 0 saturated heterocycles. The van der Waals surface area contributed by atoms with Gasteiger partial charge < -0.3 is 14.8 Å². The number of nitrogens with zero attached hydrogens (tertiary/aromatic N) is 2. The molecule has 218 valence electrons. The van der Waals surface area contributed by atoms with Gasteiger partial charge in [-0.1, -0.05) is 28.1 Å². The standard InChI is InChI=1S/C32H44BrN3O4/c1-21-18-25(12-15-28(21)39-5)23-8-6-22(7-9-23)20-36(29-19-26(33)16-17-34-29)30(37)24-10-13-27(14-11-24)35-31(38)40-32(2,3)4/h12,15-19,22-24,27H,6-11,13-14,20H2,1-5H3,(H,35,38). The van der Waals surface area contributed by atoms with Crippen molar-refractivity contribution in [1.29, 1.82) is 0 Å². The number of methoxy groups -OCH3 is 1. The van der Waals surface area contributed by atoms with E-state index in [1.54, 1.807) is 13.3 Å². The number of alkyl carbamates (subject to hydrolysis) is 1. The lowest BCUT2D eigenvalue weighted by Gasteiger charge is -2.36. The number of pyridine rings is 1. The van der Waals surface area contributed by atoms with E-state index in [9.17, 15) is 9.59 Å². The summed E-state index contributed by atoms with van der Waals surface area (Å²) in [5, 5.41) is 2.98. The van der Waals surface area contributed by atoms with Crippen LogP contribution in [0.1, 0.15) is 89.2 Å². The molecule has 0 spiro atoms. The second kappa shape index (κ2) is 13.4. The van der Waals surface area contributed by atoms with Crippen molar-refractivity contribution in [2.75, 3.05) is 18.6 Å². The third kappa shape index (κ3) is 8.21. The van der Waals surface area contributed by atoms with E-state index in [-0.39, 0.29) is 24.0 Å². The highest BCUT2D eigenvalue weighted by Crippen LogP contribution is 2.38. The van der Waals surface area contributed by atoms with Gasteiger partial charge in [0.25, 0.3) is 0 Å². The number of aromatic nitrogens is 1. The van der Waals surface area contributed by atoms with Crippen molar-refractivity contribution >= 4 is 33.7 Å². The van der Waals surface area contributed by atoms with Gasteiger partial charge in [-0.15, -0.1) is 0 Å². The van der Waals surface area contributed by atoms with E-state index >= 15 is 0 Å². The number of carbonyl (C=O) groups excluding carboxylic acids is 2. The van der Waals surface area contributed by atoms with Gasteiger partial charge in [0.05, 0.1) is 7.11 Å². The lowest BCUT2D eigenvalue weighted by Crippen LogP contribution is -2.45. The molecule has 0 aliphatic heterocycles. The summed E-state index contributed by atoms with van der Waals surface area (Å²) in [6, 6.07) is 10.4.